The zero-order valence-electron chi connectivity index (χ0n) is 14.9. The Hall–Kier alpha value is -3.67. The Kier molecular flexibility index (Phi) is 4.90. The molecule has 0 unspecified atom stereocenters. The highest BCUT2D eigenvalue weighted by Gasteiger charge is 2.18. The number of aryl methyl sites for hydroxylation is 1. The second kappa shape index (κ2) is 7.29. The first-order valence-corrected chi connectivity index (χ1v) is 8.39. The number of aromatic amines is 1. The number of benzene rings is 1. The van der Waals surface area contributed by atoms with Crippen LogP contribution in [0.1, 0.15) is 13.8 Å². The van der Waals surface area contributed by atoms with Crippen molar-refractivity contribution >= 4 is 11.0 Å². The van der Waals surface area contributed by atoms with E-state index in [9.17, 15) is 14.4 Å². The molecule has 27 heavy (non-hydrogen) atoms. The van der Waals surface area contributed by atoms with E-state index in [1.165, 1.54) is 4.57 Å². The summed E-state index contributed by atoms with van der Waals surface area (Å²) in [7, 11) is 0. The average molecular weight is 367 g/mol. The topological polar surface area (TPSA) is 123 Å². The molecule has 0 spiro atoms. The molecule has 1 N–H and O–H groups in total. The van der Waals surface area contributed by atoms with Gasteiger partial charge in [-0.05, 0) is 43.7 Å². The van der Waals surface area contributed by atoms with Gasteiger partial charge < -0.3 is 9.72 Å². The zero-order chi connectivity index (χ0) is 19.6. The summed E-state index contributed by atoms with van der Waals surface area (Å²) in [5, 5.41) is 8.74. The Morgan fingerprint density at radius 1 is 1.11 bits per heavy atom. The maximum absolute atomic E-state index is 12.9. The van der Waals surface area contributed by atoms with E-state index in [-0.39, 0.29) is 36.4 Å². The number of nitriles is 1. The minimum atomic E-state index is -0.655. The van der Waals surface area contributed by atoms with Gasteiger partial charge in [-0.2, -0.15) is 10.2 Å². The molecular weight excluding hydrogens is 350 g/mol. The minimum Gasteiger partial charge on any atom is -0.479 e. The van der Waals surface area contributed by atoms with Crippen molar-refractivity contribution in [3.8, 4) is 23.1 Å². The fraction of sp³-hybridized carbons (Fsp3) is 0.278. The highest BCUT2D eigenvalue weighted by Crippen LogP contribution is 2.24. The van der Waals surface area contributed by atoms with Crippen LogP contribution in [-0.2, 0) is 13.1 Å². The predicted octanol–water partition coefficient (Wildman–Crippen LogP) is 0.856. The lowest BCUT2D eigenvalue weighted by atomic mass is 10.1. The van der Waals surface area contributed by atoms with Gasteiger partial charge in [0.05, 0.1) is 5.69 Å². The van der Waals surface area contributed by atoms with E-state index < -0.39 is 16.9 Å². The zero-order valence-corrected chi connectivity index (χ0v) is 14.9. The summed E-state index contributed by atoms with van der Waals surface area (Å²) in [6.45, 7) is 3.84. The van der Waals surface area contributed by atoms with Crippen molar-refractivity contribution in [2.75, 3.05) is 6.61 Å². The van der Waals surface area contributed by atoms with Crippen LogP contribution in [0.3, 0.4) is 0 Å². The van der Waals surface area contributed by atoms with Crippen LogP contribution in [0, 0.1) is 11.3 Å². The number of fused-ring (bicyclic) bond motifs is 1. The minimum absolute atomic E-state index is 0.0563. The van der Waals surface area contributed by atoms with Crippen molar-refractivity contribution in [3.63, 3.8) is 0 Å². The van der Waals surface area contributed by atoms with Crippen LogP contribution in [-0.4, -0.2) is 25.7 Å². The molecule has 0 fully saturated rings. The van der Waals surface area contributed by atoms with Gasteiger partial charge in [0.25, 0.3) is 5.56 Å². The fourth-order valence-electron chi connectivity index (χ4n) is 2.93. The lowest BCUT2D eigenvalue weighted by molar-refractivity contribution is 0.368. The number of aromatic nitrogens is 4. The maximum Gasteiger partial charge on any atom is 0.347 e. The number of H-pyrrole nitrogens is 1. The lowest BCUT2D eigenvalue weighted by Crippen LogP contribution is -2.41. The molecule has 0 saturated heterocycles. The number of ether oxygens (including phenoxy) is 1. The number of hydrogen-bond acceptors (Lipinski definition) is 6. The van der Waals surface area contributed by atoms with E-state index >= 15 is 0 Å². The molecule has 0 amide bonds. The van der Waals surface area contributed by atoms with E-state index in [0.717, 1.165) is 4.57 Å². The summed E-state index contributed by atoms with van der Waals surface area (Å²) in [6.07, 6.45) is 0. The first-order chi connectivity index (χ1) is 13.0. The molecule has 0 aliphatic heterocycles. The third-order valence-electron chi connectivity index (χ3n) is 4.17. The van der Waals surface area contributed by atoms with Crippen molar-refractivity contribution in [1.82, 2.24) is 19.1 Å². The second-order valence-electron chi connectivity index (χ2n) is 5.66. The quantitative estimate of drug-likeness (QED) is 0.713. The second-order valence-corrected chi connectivity index (χ2v) is 5.66. The molecule has 138 valence electrons. The highest BCUT2D eigenvalue weighted by atomic mass is 16.5. The molecule has 3 rings (SSSR count). The van der Waals surface area contributed by atoms with Crippen LogP contribution in [0.25, 0.3) is 22.3 Å². The lowest BCUT2D eigenvalue weighted by Gasteiger charge is -2.13. The molecule has 0 radical (unpaired) electrons. The van der Waals surface area contributed by atoms with Crippen LogP contribution < -0.4 is 21.7 Å². The van der Waals surface area contributed by atoms with Crippen molar-refractivity contribution in [2.45, 2.75) is 26.9 Å². The first-order valence-electron chi connectivity index (χ1n) is 8.39. The van der Waals surface area contributed by atoms with E-state index in [1.54, 1.807) is 38.1 Å². The molecule has 9 nitrogen and oxygen atoms in total. The molecule has 0 aliphatic carbocycles. The molecule has 9 heteroatoms. The number of hydrogen-bond donors (Lipinski definition) is 1. The summed E-state index contributed by atoms with van der Waals surface area (Å²) in [4.78, 5) is 43.9. The summed E-state index contributed by atoms with van der Waals surface area (Å²) < 4.78 is 7.63. The van der Waals surface area contributed by atoms with Gasteiger partial charge in [0.15, 0.2) is 12.3 Å². The summed E-state index contributed by atoms with van der Waals surface area (Å²) >= 11 is 0. The standard InChI is InChI=1S/C18H17N5O4/c1-3-22-15-13(16(24)23(4-2)18(22)26)14(20-17(25)21-15)11-5-7-12(8-6-11)27-10-9-19/h5-8H,3-4,10H2,1-2H3,(H,20,21,25). The predicted molar refractivity (Wildman–Crippen MR) is 98.8 cm³/mol. The van der Waals surface area contributed by atoms with Crippen molar-refractivity contribution in [3.05, 3.63) is 55.6 Å². The molecule has 3 aromatic rings. The largest absolute Gasteiger partial charge is 0.479 e. The van der Waals surface area contributed by atoms with Crippen molar-refractivity contribution in [2.24, 2.45) is 0 Å². The molecule has 2 heterocycles. The van der Waals surface area contributed by atoms with Crippen molar-refractivity contribution in [1.29, 1.82) is 5.26 Å². The summed E-state index contributed by atoms with van der Waals surface area (Å²) in [6, 6.07) is 8.46. The highest BCUT2D eigenvalue weighted by molar-refractivity contribution is 5.89. The monoisotopic (exact) mass is 367 g/mol. The Labute approximate surface area is 153 Å². The normalized spacial score (nSPS) is 10.7. The van der Waals surface area contributed by atoms with Gasteiger partial charge in [0.1, 0.15) is 17.2 Å². The molecule has 0 saturated carbocycles. The Balaban J connectivity index is 2.34. The van der Waals surface area contributed by atoms with E-state index in [1.807, 2.05) is 6.07 Å². The Bertz CT molecular complexity index is 1210. The van der Waals surface area contributed by atoms with Crippen LogP contribution in [0.5, 0.6) is 5.75 Å². The van der Waals surface area contributed by atoms with Gasteiger partial charge >= 0.3 is 11.4 Å². The Morgan fingerprint density at radius 2 is 1.78 bits per heavy atom. The third kappa shape index (κ3) is 3.13. The van der Waals surface area contributed by atoms with Crippen LogP contribution >= 0.6 is 0 Å². The molecule has 2 aromatic heterocycles. The number of nitrogens with zero attached hydrogens (tertiary/aromatic N) is 4. The van der Waals surface area contributed by atoms with Gasteiger partial charge in [-0.1, -0.05) is 0 Å². The molecule has 1 aromatic carbocycles. The number of rotatable bonds is 5. The molecule has 0 aliphatic rings. The van der Waals surface area contributed by atoms with Crippen molar-refractivity contribution < 1.29 is 4.74 Å². The molecular formula is C18H17N5O4. The van der Waals surface area contributed by atoms with Crippen LogP contribution in [0.15, 0.2) is 38.6 Å². The van der Waals surface area contributed by atoms with Gasteiger partial charge in [0.2, 0.25) is 0 Å². The molecule has 0 atom stereocenters. The number of nitrogens with one attached hydrogen (secondary N) is 1. The van der Waals surface area contributed by atoms with E-state index in [2.05, 4.69) is 9.97 Å². The summed E-state index contributed by atoms with van der Waals surface area (Å²) in [5.74, 6) is 0.484. The van der Waals surface area contributed by atoms with E-state index in [0.29, 0.717) is 11.3 Å². The third-order valence-corrected chi connectivity index (χ3v) is 4.17. The fourth-order valence-corrected chi connectivity index (χ4v) is 2.93. The Morgan fingerprint density at radius 3 is 2.37 bits per heavy atom. The van der Waals surface area contributed by atoms with Gasteiger partial charge in [-0.25, -0.2) is 9.59 Å². The maximum atomic E-state index is 12.9. The van der Waals surface area contributed by atoms with Gasteiger partial charge in [-0.3, -0.25) is 13.9 Å². The molecule has 0 bridgehead atoms. The SMILES string of the molecule is CCn1c(=O)c2c(-c3ccc(OCC#N)cc3)[nH]c(=O)nc2n(CC)c1=O. The van der Waals surface area contributed by atoms with E-state index in [4.69, 9.17) is 10.00 Å². The van der Waals surface area contributed by atoms with Gasteiger partial charge in [-0.15, -0.1) is 0 Å². The van der Waals surface area contributed by atoms with Crippen LogP contribution in [0.4, 0.5) is 0 Å². The average Bonchev–Trinajstić information content (AvgIpc) is 2.66. The smallest absolute Gasteiger partial charge is 0.347 e. The first kappa shape index (κ1) is 18.1. The summed E-state index contributed by atoms with van der Waals surface area (Å²) in [5.41, 5.74) is -0.762. The van der Waals surface area contributed by atoms with Crippen LogP contribution in [0.2, 0.25) is 0 Å². The van der Waals surface area contributed by atoms with Gasteiger partial charge in [0, 0.05) is 13.1 Å².